The number of rotatable bonds is 4. The van der Waals surface area contributed by atoms with Gasteiger partial charge in [0, 0.05) is 10.8 Å². The van der Waals surface area contributed by atoms with E-state index in [-0.39, 0.29) is 24.2 Å². The van der Waals surface area contributed by atoms with Crippen LogP contribution in [0.15, 0.2) is 186 Å². The zero-order valence-electron chi connectivity index (χ0n) is 30.4. The summed E-state index contributed by atoms with van der Waals surface area (Å²) in [6.45, 7) is 0. The van der Waals surface area contributed by atoms with E-state index in [9.17, 15) is 2.74 Å². The third kappa shape index (κ3) is 4.40. The second kappa shape index (κ2) is 11.1. The molecule has 0 radical (unpaired) electrons. The first-order valence-electron chi connectivity index (χ1n) is 18.5. The minimum absolute atomic E-state index is 0.0764. The highest BCUT2D eigenvalue weighted by Crippen LogP contribution is 2.47. The van der Waals surface area contributed by atoms with Crippen LogP contribution in [0.2, 0.25) is 0 Å². The van der Waals surface area contributed by atoms with Gasteiger partial charge in [-0.3, -0.25) is 0 Å². The SMILES string of the molecule is [2H]c1c([2H])c(-c2cccc3ccccc23)c([2H])c(-c2c3ccccc3c(-c3cccc4oc5cc(-c6ccccc6)ccc5c34)c3ccccc23)c1[2H]. The molecule has 0 saturated carbocycles. The maximum Gasteiger partial charge on any atom is 0.136 e. The molecule has 10 aromatic rings. The summed E-state index contributed by atoms with van der Waals surface area (Å²) in [4.78, 5) is 0. The average molecular weight is 627 g/mol. The first-order valence-corrected chi connectivity index (χ1v) is 16.5. The molecule has 9 aromatic carbocycles. The fourth-order valence-electron chi connectivity index (χ4n) is 7.58. The Morgan fingerprint density at radius 1 is 0.388 bits per heavy atom. The van der Waals surface area contributed by atoms with Crippen molar-refractivity contribution >= 4 is 54.3 Å². The summed E-state index contributed by atoms with van der Waals surface area (Å²) in [7, 11) is 0. The highest BCUT2D eigenvalue weighted by molar-refractivity contribution is 6.25. The molecule has 228 valence electrons. The topological polar surface area (TPSA) is 13.1 Å². The lowest BCUT2D eigenvalue weighted by atomic mass is 9.84. The lowest BCUT2D eigenvalue weighted by molar-refractivity contribution is 0.669. The number of hydrogen-bond donors (Lipinski definition) is 0. The maximum absolute atomic E-state index is 9.76. The second-order valence-corrected chi connectivity index (χ2v) is 12.5. The lowest BCUT2D eigenvalue weighted by Crippen LogP contribution is -1.91. The van der Waals surface area contributed by atoms with Crippen molar-refractivity contribution < 1.29 is 9.90 Å². The molecule has 10 rings (SSSR count). The van der Waals surface area contributed by atoms with Crippen molar-refractivity contribution in [3.05, 3.63) is 182 Å². The van der Waals surface area contributed by atoms with Crippen LogP contribution in [-0.4, -0.2) is 0 Å². The van der Waals surface area contributed by atoms with Gasteiger partial charge in [-0.1, -0.05) is 158 Å². The Morgan fingerprint density at radius 3 is 1.78 bits per heavy atom. The molecule has 0 N–H and O–H groups in total. The minimum atomic E-state index is -0.194. The van der Waals surface area contributed by atoms with E-state index in [1.165, 1.54) is 0 Å². The predicted octanol–water partition coefficient (Wildman–Crippen LogP) is 13.7. The molecule has 1 aromatic heterocycles. The van der Waals surface area contributed by atoms with E-state index >= 15 is 0 Å². The van der Waals surface area contributed by atoms with Crippen LogP contribution in [0.4, 0.5) is 0 Å². The van der Waals surface area contributed by atoms with E-state index in [4.69, 9.17) is 7.16 Å². The van der Waals surface area contributed by atoms with Crippen molar-refractivity contribution in [3.63, 3.8) is 0 Å². The third-order valence-corrected chi connectivity index (χ3v) is 9.74. The van der Waals surface area contributed by atoms with Gasteiger partial charge in [0.05, 0.1) is 5.48 Å². The van der Waals surface area contributed by atoms with Gasteiger partial charge in [-0.05, 0) is 101 Å². The Balaban J connectivity index is 1.29. The first-order chi connectivity index (χ1) is 26.0. The molecule has 1 heteroatoms. The van der Waals surface area contributed by atoms with Crippen LogP contribution in [0, 0.1) is 0 Å². The van der Waals surface area contributed by atoms with Gasteiger partial charge in [-0.25, -0.2) is 0 Å². The molecule has 0 amide bonds. The van der Waals surface area contributed by atoms with E-state index in [0.717, 1.165) is 82.1 Å². The molecular weight excluding hydrogens is 593 g/mol. The summed E-state index contributed by atoms with van der Waals surface area (Å²) in [6.07, 6.45) is 0. The van der Waals surface area contributed by atoms with Gasteiger partial charge < -0.3 is 4.42 Å². The number of hydrogen-bond acceptors (Lipinski definition) is 1. The normalized spacial score (nSPS) is 12.8. The Kier molecular flexibility index (Phi) is 5.38. The molecule has 0 atom stereocenters. The smallest absolute Gasteiger partial charge is 0.136 e. The molecule has 49 heavy (non-hydrogen) atoms. The summed E-state index contributed by atoms with van der Waals surface area (Å²) in [5, 5.41) is 7.63. The number of fused-ring (bicyclic) bond motifs is 6. The molecule has 0 unspecified atom stereocenters. The molecular formula is C48H30O. The molecule has 0 fully saturated rings. The summed E-state index contributed by atoms with van der Waals surface area (Å²) in [5.74, 6) is 0. The zero-order valence-corrected chi connectivity index (χ0v) is 26.4. The molecule has 0 saturated heterocycles. The maximum atomic E-state index is 9.76. The quantitative estimate of drug-likeness (QED) is 0.177. The highest BCUT2D eigenvalue weighted by atomic mass is 16.3. The van der Waals surface area contributed by atoms with E-state index < -0.39 is 0 Å². The van der Waals surface area contributed by atoms with Crippen molar-refractivity contribution in [2.24, 2.45) is 0 Å². The van der Waals surface area contributed by atoms with Crippen molar-refractivity contribution in [1.82, 2.24) is 0 Å². The first kappa shape index (κ1) is 23.8. The van der Waals surface area contributed by atoms with Gasteiger partial charge in [0.25, 0.3) is 0 Å². The average Bonchev–Trinajstić information content (AvgIpc) is 3.59. The standard InChI is InChI=1S/C48H30O/c1-2-13-31(14-3-1)33-27-28-42-45(30-33)49-44-26-12-25-43(48(42)44)47-40-22-8-6-20-38(40)46(39-21-7-9-23-41(39)47)35-18-10-17-34(29-35)37-24-11-16-32-15-4-5-19-36(32)37/h1-30H/i10D,17D,18D,29D. The summed E-state index contributed by atoms with van der Waals surface area (Å²) < 4.78 is 43.8. The molecule has 0 aliphatic heterocycles. The second-order valence-electron chi connectivity index (χ2n) is 12.5. The zero-order chi connectivity index (χ0) is 35.8. The monoisotopic (exact) mass is 626 g/mol. The van der Waals surface area contributed by atoms with Crippen LogP contribution in [0.5, 0.6) is 0 Å². The van der Waals surface area contributed by atoms with Crippen LogP contribution in [0.1, 0.15) is 5.48 Å². The van der Waals surface area contributed by atoms with E-state index in [2.05, 4.69) is 60.7 Å². The van der Waals surface area contributed by atoms with Crippen LogP contribution in [0.3, 0.4) is 0 Å². The molecule has 1 nitrogen and oxygen atoms in total. The minimum Gasteiger partial charge on any atom is -0.456 e. The summed E-state index contributed by atoms with van der Waals surface area (Å²) in [5.41, 5.74) is 8.05. The van der Waals surface area contributed by atoms with Crippen molar-refractivity contribution in [2.45, 2.75) is 0 Å². The van der Waals surface area contributed by atoms with Gasteiger partial charge in [0.15, 0.2) is 0 Å². The van der Waals surface area contributed by atoms with Gasteiger partial charge in [-0.2, -0.15) is 0 Å². The molecule has 0 spiro atoms. The van der Waals surface area contributed by atoms with Crippen LogP contribution in [-0.2, 0) is 0 Å². The van der Waals surface area contributed by atoms with Gasteiger partial charge in [0.1, 0.15) is 11.2 Å². The molecule has 0 aliphatic rings. The Labute approximate surface area is 289 Å². The summed E-state index contributed by atoms with van der Waals surface area (Å²) in [6, 6.07) is 52.7. The number of furan rings is 1. The van der Waals surface area contributed by atoms with E-state index in [1.54, 1.807) is 0 Å². The third-order valence-electron chi connectivity index (χ3n) is 9.74. The fraction of sp³-hybridized carbons (Fsp3) is 0. The Bertz CT molecular complexity index is 3040. The van der Waals surface area contributed by atoms with Crippen LogP contribution < -0.4 is 0 Å². The van der Waals surface area contributed by atoms with Gasteiger partial charge in [-0.15, -0.1) is 0 Å². The molecule has 1 heterocycles. The highest BCUT2D eigenvalue weighted by Gasteiger charge is 2.20. The van der Waals surface area contributed by atoms with Gasteiger partial charge >= 0.3 is 0 Å². The Morgan fingerprint density at radius 2 is 1.00 bits per heavy atom. The number of benzene rings is 9. The fourth-order valence-corrected chi connectivity index (χ4v) is 7.58. The van der Waals surface area contributed by atoms with E-state index in [0.29, 0.717) is 16.7 Å². The lowest BCUT2D eigenvalue weighted by Gasteiger charge is -2.19. The summed E-state index contributed by atoms with van der Waals surface area (Å²) >= 11 is 0. The van der Waals surface area contributed by atoms with E-state index in [1.807, 2.05) is 97.1 Å². The van der Waals surface area contributed by atoms with Crippen molar-refractivity contribution in [1.29, 1.82) is 0 Å². The van der Waals surface area contributed by atoms with Crippen molar-refractivity contribution in [2.75, 3.05) is 0 Å². The van der Waals surface area contributed by atoms with Crippen LogP contribution >= 0.6 is 0 Å². The van der Waals surface area contributed by atoms with Crippen molar-refractivity contribution in [3.8, 4) is 44.5 Å². The predicted molar refractivity (Wildman–Crippen MR) is 208 cm³/mol. The Hall–Kier alpha value is -6.44. The van der Waals surface area contributed by atoms with Gasteiger partial charge in [0.2, 0.25) is 0 Å². The van der Waals surface area contributed by atoms with Crippen LogP contribution in [0.25, 0.3) is 98.8 Å². The molecule has 0 bridgehead atoms. The molecule has 0 aliphatic carbocycles. The largest absolute Gasteiger partial charge is 0.456 e.